The maximum atomic E-state index is 12.0. The van der Waals surface area contributed by atoms with Crippen LogP contribution in [0.2, 0.25) is 0 Å². The first-order valence-electron chi connectivity index (χ1n) is 7.23. The summed E-state index contributed by atoms with van der Waals surface area (Å²) in [6, 6.07) is 13.3. The number of aromatic nitrogens is 1. The highest BCUT2D eigenvalue weighted by atomic mass is 32.1. The summed E-state index contributed by atoms with van der Waals surface area (Å²) >= 11 is 2.74. The van der Waals surface area contributed by atoms with E-state index in [2.05, 4.69) is 10.3 Å². The molecule has 0 saturated carbocycles. The van der Waals surface area contributed by atoms with E-state index in [0.29, 0.717) is 15.7 Å². The number of nitrogens with zero attached hydrogens (tertiary/aromatic N) is 1. The van der Waals surface area contributed by atoms with Gasteiger partial charge >= 0.3 is 0 Å². The van der Waals surface area contributed by atoms with E-state index in [0.717, 1.165) is 10.4 Å². The van der Waals surface area contributed by atoms with Crippen LogP contribution in [-0.4, -0.2) is 16.7 Å². The molecule has 3 aromatic rings. The van der Waals surface area contributed by atoms with Gasteiger partial charge in [0.05, 0.1) is 10.6 Å². The van der Waals surface area contributed by atoms with Crippen molar-refractivity contribution in [2.75, 3.05) is 5.32 Å². The Bertz CT molecular complexity index is 881. The van der Waals surface area contributed by atoms with Crippen LogP contribution in [0, 0.1) is 0 Å². The average molecular weight is 354 g/mol. The summed E-state index contributed by atoms with van der Waals surface area (Å²) < 4.78 is 0. The number of hydrogen-bond donors (Lipinski definition) is 1. The molecule has 0 spiro atoms. The molecule has 0 fully saturated rings. The molecular formula is C18H14N2O2S2. The third-order valence-electron chi connectivity index (χ3n) is 3.17. The molecule has 1 aromatic carbocycles. The first kappa shape index (κ1) is 16.3. The van der Waals surface area contributed by atoms with Crippen molar-refractivity contribution in [1.82, 2.24) is 4.98 Å². The fourth-order valence-electron chi connectivity index (χ4n) is 2.09. The predicted octanol–water partition coefficient (Wildman–Crippen LogP) is 4.73. The molecule has 0 radical (unpaired) electrons. The van der Waals surface area contributed by atoms with E-state index in [4.69, 9.17) is 0 Å². The second-order valence-electron chi connectivity index (χ2n) is 4.96. The molecule has 0 aliphatic rings. The van der Waals surface area contributed by atoms with E-state index in [1.165, 1.54) is 24.3 Å². The van der Waals surface area contributed by atoms with Crippen LogP contribution < -0.4 is 5.32 Å². The predicted molar refractivity (Wildman–Crippen MR) is 99.5 cm³/mol. The van der Waals surface area contributed by atoms with Crippen LogP contribution in [0.4, 0.5) is 5.13 Å². The molecule has 0 aliphatic carbocycles. The maximum absolute atomic E-state index is 12.0. The lowest BCUT2D eigenvalue weighted by atomic mass is 10.1. The minimum atomic E-state index is -0.271. The van der Waals surface area contributed by atoms with Crippen molar-refractivity contribution in [1.29, 1.82) is 0 Å². The lowest BCUT2D eigenvalue weighted by Crippen LogP contribution is -2.07. The lowest BCUT2D eigenvalue weighted by Gasteiger charge is -1.98. The van der Waals surface area contributed by atoms with Crippen LogP contribution in [0.5, 0.6) is 0 Å². The van der Waals surface area contributed by atoms with Crippen molar-refractivity contribution < 1.29 is 9.59 Å². The molecule has 120 valence electrons. The van der Waals surface area contributed by atoms with Crippen LogP contribution in [0.25, 0.3) is 17.3 Å². The van der Waals surface area contributed by atoms with E-state index in [9.17, 15) is 9.59 Å². The normalized spacial score (nSPS) is 10.9. The zero-order valence-electron chi connectivity index (χ0n) is 12.9. The number of anilines is 1. The van der Waals surface area contributed by atoms with Crippen molar-refractivity contribution >= 4 is 45.6 Å². The van der Waals surface area contributed by atoms with Crippen molar-refractivity contribution in [3.63, 3.8) is 0 Å². The van der Waals surface area contributed by atoms with Gasteiger partial charge in [-0.1, -0.05) is 47.7 Å². The van der Waals surface area contributed by atoms with Crippen LogP contribution in [-0.2, 0) is 4.79 Å². The van der Waals surface area contributed by atoms with Gasteiger partial charge in [-0.2, -0.15) is 0 Å². The Morgan fingerprint density at radius 3 is 2.58 bits per heavy atom. The fourth-order valence-corrected chi connectivity index (χ4v) is 3.60. The molecule has 4 nitrogen and oxygen atoms in total. The van der Waals surface area contributed by atoms with Crippen molar-refractivity contribution in [3.05, 3.63) is 63.7 Å². The molecule has 1 amide bonds. The van der Waals surface area contributed by atoms with E-state index >= 15 is 0 Å². The van der Waals surface area contributed by atoms with E-state index < -0.39 is 0 Å². The number of carbonyl (C=O) groups is 2. The number of hydrogen-bond acceptors (Lipinski definition) is 5. The molecule has 0 bridgehead atoms. The molecule has 6 heteroatoms. The van der Waals surface area contributed by atoms with Gasteiger partial charge in [-0.3, -0.25) is 14.9 Å². The Labute approximate surface area is 147 Å². The van der Waals surface area contributed by atoms with E-state index in [-0.39, 0.29) is 11.7 Å². The topological polar surface area (TPSA) is 59.1 Å². The first-order chi connectivity index (χ1) is 11.6. The van der Waals surface area contributed by atoms with Gasteiger partial charge < -0.3 is 0 Å². The standard InChI is InChI=1S/C18H14N2O2S2/c1-12(21)17-16(13-6-3-2-4-7-13)20-18(24-17)19-15(22)10-9-14-8-5-11-23-14/h2-11H,1H3,(H,19,20,22)/b10-9+. The van der Waals surface area contributed by atoms with Gasteiger partial charge in [0, 0.05) is 23.4 Å². The van der Waals surface area contributed by atoms with Crippen molar-refractivity contribution in [3.8, 4) is 11.3 Å². The van der Waals surface area contributed by atoms with Crippen molar-refractivity contribution in [2.24, 2.45) is 0 Å². The fraction of sp³-hybridized carbons (Fsp3) is 0.0556. The maximum Gasteiger partial charge on any atom is 0.250 e. The molecule has 1 N–H and O–H groups in total. The Balaban J connectivity index is 1.82. The summed E-state index contributed by atoms with van der Waals surface area (Å²) in [5, 5.41) is 5.09. The average Bonchev–Trinajstić information content (AvgIpc) is 3.23. The van der Waals surface area contributed by atoms with Gasteiger partial charge in [-0.15, -0.1) is 11.3 Å². The third kappa shape index (κ3) is 3.84. The van der Waals surface area contributed by atoms with E-state index in [1.54, 1.807) is 17.4 Å². The minimum Gasteiger partial charge on any atom is -0.298 e. The lowest BCUT2D eigenvalue weighted by molar-refractivity contribution is -0.111. The molecular weight excluding hydrogens is 340 g/mol. The highest BCUT2D eigenvalue weighted by molar-refractivity contribution is 7.18. The Hall–Kier alpha value is -2.57. The van der Waals surface area contributed by atoms with Gasteiger partial charge in [0.15, 0.2) is 10.9 Å². The second kappa shape index (κ2) is 7.33. The van der Waals surface area contributed by atoms with Gasteiger partial charge in [0.2, 0.25) is 5.91 Å². The number of rotatable bonds is 5. The summed E-state index contributed by atoms with van der Waals surface area (Å²) in [4.78, 5) is 29.8. The number of Topliss-reactive ketones (excluding diaryl/α,β-unsaturated/α-hetero) is 1. The Morgan fingerprint density at radius 2 is 1.92 bits per heavy atom. The van der Waals surface area contributed by atoms with Gasteiger partial charge in [0.25, 0.3) is 0 Å². The van der Waals surface area contributed by atoms with Gasteiger partial charge in [-0.25, -0.2) is 4.98 Å². The zero-order chi connectivity index (χ0) is 16.9. The van der Waals surface area contributed by atoms with Crippen LogP contribution in [0.15, 0.2) is 53.9 Å². The molecule has 2 aromatic heterocycles. The number of nitrogens with one attached hydrogen (secondary N) is 1. The molecule has 24 heavy (non-hydrogen) atoms. The smallest absolute Gasteiger partial charge is 0.250 e. The van der Waals surface area contributed by atoms with Crippen LogP contribution in [0.1, 0.15) is 21.5 Å². The molecule has 0 atom stereocenters. The summed E-state index contributed by atoms with van der Waals surface area (Å²) in [7, 11) is 0. The quantitative estimate of drug-likeness (QED) is 0.532. The van der Waals surface area contributed by atoms with Gasteiger partial charge in [-0.05, 0) is 17.5 Å². The zero-order valence-corrected chi connectivity index (χ0v) is 14.5. The van der Waals surface area contributed by atoms with E-state index in [1.807, 2.05) is 47.8 Å². The molecule has 0 unspecified atom stereocenters. The summed E-state index contributed by atoms with van der Waals surface area (Å²) in [5.41, 5.74) is 1.46. The number of amides is 1. The number of thiophene rings is 1. The first-order valence-corrected chi connectivity index (χ1v) is 8.93. The summed E-state index contributed by atoms with van der Waals surface area (Å²) in [6.07, 6.45) is 3.21. The number of benzene rings is 1. The second-order valence-corrected chi connectivity index (χ2v) is 6.94. The summed E-state index contributed by atoms with van der Waals surface area (Å²) in [5.74, 6) is -0.340. The molecule has 3 rings (SSSR count). The summed E-state index contributed by atoms with van der Waals surface area (Å²) in [6.45, 7) is 1.50. The number of thiazole rings is 1. The minimum absolute atomic E-state index is 0.0685. The Kier molecular flexibility index (Phi) is 4.98. The van der Waals surface area contributed by atoms with Crippen molar-refractivity contribution in [2.45, 2.75) is 6.92 Å². The number of ketones is 1. The highest BCUT2D eigenvalue weighted by Gasteiger charge is 2.17. The number of carbonyl (C=O) groups excluding carboxylic acids is 2. The molecule has 0 saturated heterocycles. The Morgan fingerprint density at radius 1 is 1.12 bits per heavy atom. The van der Waals surface area contributed by atoms with Crippen LogP contribution in [0.3, 0.4) is 0 Å². The van der Waals surface area contributed by atoms with Crippen LogP contribution >= 0.6 is 22.7 Å². The molecule has 0 aliphatic heterocycles. The monoisotopic (exact) mass is 354 g/mol. The molecule has 2 heterocycles. The third-order valence-corrected chi connectivity index (χ3v) is 5.08. The van der Waals surface area contributed by atoms with Gasteiger partial charge in [0.1, 0.15) is 0 Å². The SMILES string of the molecule is CC(=O)c1sc(NC(=O)/C=C/c2cccs2)nc1-c1ccccc1. The largest absolute Gasteiger partial charge is 0.298 e. The highest BCUT2D eigenvalue weighted by Crippen LogP contribution is 2.31.